The summed E-state index contributed by atoms with van der Waals surface area (Å²) in [5.41, 5.74) is 1.05. The highest BCUT2D eigenvalue weighted by Crippen LogP contribution is 2.18. The number of Topliss-reactive ketones (excluding diaryl/α,β-unsaturated/α-hetero) is 1. The van der Waals surface area contributed by atoms with Crippen LogP contribution in [-0.2, 0) is 11.2 Å². The lowest BCUT2D eigenvalue weighted by Crippen LogP contribution is -2.07. The molecular formula is C11H17NOS2. The Morgan fingerprint density at radius 1 is 1.47 bits per heavy atom. The molecule has 4 heteroatoms. The van der Waals surface area contributed by atoms with Crippen LogP contribution >= 0.6 is 23.1 Å². The van der Waals surface area contributed by atoms with Gasteiger partial charge in [0, 0.05) is 4.88 Å². The molecule has 0 bridgehead atoms. The van der Waals surface area contributed by atoms with Crippen LogP contribution in [0.15, 0.2) is 0 Å². The maximum atomic E-state index is 11.6. The summed E-state index contributed by atoms with van der Waals surface area (Å²) >= 11 is 3.33. The molecule has 1 aromatic rings. The van der Waals surface area contributed by atoms with Crippen molar-refractivity contribution in [1.29, 1.82) is 0 Å². The Bertz CT molecular complexity index is 325. The number of thiazole rings is 1. The first-order valence-electron chi connectivity index (χ1n) is 5.05. The van der Waals surface area contributed by atoms with Crippen molar-refractivity contribution in [2.45, 2.75) is 39.4 Å². The fourth-order valence-corrected chi connectivity index (χ4v) is 2.68. The number of aryl methyl sites for hydroxylation is 2. The van der Waals surface area contributed by atoms with Crippen molar-refractivity contribution >= 4 is 28.9 Å². The van der Waals surface area contributed by atoms with E-state index in [1.165, 1.54) is 4.88 Å². The molecule has 0 fully saturated rings. The molecule has 0 aromatic carbocycles. The Labute approximate surface area is 99.5 Å². The molecule has 1 heterocycles. The molecule has 0 amide bonds. The molecule has 0 N–H and O–H groups in total. The highest BCUT2D eigenvalue weighted by atomic mass is 32.2. The van der Waals surface area contributed by atoms with E-state index in [0.717, 1.165) is 10.7 Å². The molecule has 0 aliphatic carbocycles. The third-order valence-corrected chi connectivity index (χ3v) is 4.23. The molecule has 84 valence electrons. The van der Waals surface area contributed by atoms with Gasteiger partial charge in [-0.25, -0.2) is 4.98 Å². The van der Waals surface area contributed by atoms with Gasteiger partial charge >= 0.3 is 0 Å². The van der Waals surface area contributed by atoms with Crippen molar-refractivity contribution in [1.82, 2.24) is 4.98 Å². The highest BCUT2D eigenvalue weighted by molar-refractivity contribution is 8.00. The zero-order valence-electron chi connectivity index (χ0n) is 9.66. The van der Waals surface area contributed by atoms with Crippen LogP contribution in [-0.4, -0.2) is 21.8 Å². The van der Waals surface area contributed by atoms with Gasteiger partial charge in [0.2, 0.25) is 0 Å². The third kappa shape index (κ3) is 4.34. The van der Waals surface area contributed by atoms with Gasteiger partial charge < -0.3 is 0 Å². The van der Waals surface area contributed by atoms with Gasteiger partial charge in [-0.1, -0.05) is 13.8 Å². The molecule has 0 unspecified atom stereocenters. The number of aromatic nitrogens is 1. The van der Waals surface area contributed by atoms with Crippen LogP contribution in [0.3, 0.4) is 0 Å². The summed E-state index contributed by atoms with van der Waals surface area (Å²) in [7, 11) is 0. The Morgan fingerprint density at radius 2 is 2.13 bits per heavy atom. The van der Waals surface area contributed by atoms with E-state index in [-0.39, 0.29) is 5.78 Å². The number of ketones is 1. The number of carbonyl (C=O) groups excluding carboxylic acids is 1. The summed E-state index contributed by atoms with van der Waals surface area (Å²) in [4.78, 5) is 17.2. The first-order valence-corrected chi connectivity index (χ1v) is 6.91. The standard InChI is InChI=1S/C11H17NOS2/c1-7(2)14-6-10(13)5-11-12-8(3)9(4)15-11/h7H,5-6H2,1-4H3. The van der Waals surface area contributed by atoms with E-state index in [4.69, 9.17) is 0 Å². The average Bonchev–Trinajstić information content (AvgIpc) is 2.42. The van der Waals surface area contributed by atoms with Crippen LogP contribution in [0.2, 0.25) is 0 Å². The zero-order valence-corrected chi connectivity index (χ0v) is 11.3. The second kappa shape index (κ2) is 5.66. The van der Waals surface area contributed by atoms with Crippen molar-refractivity contribution in [3.8, 4) is 0 Å². The first kappa shape index (κ1) is 12.7. The molecule has 0 aliphatic rings. The van der Waals surface area contributed by atoms with Gasteiger partial charge in [-0.15, -0.1) is 11.3 Å². The number of hydrogen-bond acceptors (Lipinski definition) is 4. The molecule has 2 nitrogen and oxygen atoms in total. The lowest BCUT2D eigenvalue weighted by atomic mass is 10.3. The second-order valence-electron chi connectivity index (χ2n) is 3.82. The van der Waals surface area contributed by atoms with Crippen LogP contribution < -0.4 is 0 Å². The van der Waals surface area contributed by atoms with E-state index in [0.29, 0.717) is 17.4 Å². The summed E-state index contributed by atoms with van der Waals surface area (Å²) in [6, 6.07) is 0. The van der Waals surface area contributed by atoms with Crippen molar-refractivity contribution in [2.75, 3.05) is 5.75 Å². The van der Waals surface area contributed by atoms with Crippen LogP contribution in [0.1, 0.15) is 29.4 Å². The summed E-state index contributed by atoms with van der Waals surface area (Å²) in [5.74, 6) is 0.887. The topological polar surface area (TPSA) is 30.0 Å². The van der Waals surface area contributed by atoms with E-state index in [1.54, 1.807) is 23.1 Å². The van der Waals surface area contributed by atoms with Gasteiger partial charge in [0.25, 0.3) is 0 Å². The van der Waals surface area contributed by atoms with E-state index in [9.17, 15) is 4.79 Å². The van der Waals surface area contributed by atoms with Crippen LogP contribution in [0.4, 0.5) is 0 Å². The monoisotopic (exact) mass is 243 g/mol. The van der Waals surface area contributed by atoms with E-state index >= 15 is 0 Å². The number of carbonyl (C=O) groups is 1. The Kier molecular flexibility index (Phi) is 4.80. The Hall–Kier alpha value is -0.350. The predicted octanol–water partition coefficient (Wildman–Crippen LogP) is 3.01. The van der Waals surface area contributed by atoms with Gasteiger partial charge in [0.15, 0.2) is 0 Å². The highest BCUT2D eigenvalue weighted by Gasteiger charge is 2.09. The maximum Gasteiger partial charge on any atom is 0.149 e. The molecule has 1 rings (SSSR count). The molecule has 1 aromatic heterocycles. The largest absolute Gasteiger partial charge is 0.298 e. The lowest BCUT2D eigenvalue weighted by molar-refractivity contribution is -0.116. The minimum Gasteiger partial charge on any atom is -0.298 e. The second-order valence-corrected chi connectivity index (χ2v) is 6.68. The summed E-state index contributed by atoms with van der Waals surface area (Å²) in [6.07, 6.45) is 0.499. The van der Waals surface area contributed by atoms with Gasteiger partial charge in [0.05, 0.1) is 17.9 Å². The lowest BCUT2D eigenvalue weighted by Gasteiger charge is -2.02. The van der Waals surface area contributed by atoms with E-state index < -0.39 is 0 Å². The molecule has 0 aliphatic heterocycles. The molecule has 0 atom stereocenters. The maximum absolute atomic E-state index is 11.6. The van der Waals surface area contributed by atoms with Crippen molar-refractivity contribution in [3.05, 3.63) is 15.6 Å². The van der Waals surface area contributed by atoms with Gasteiger partial charge in [-0.2, -0.15) is 11.8 Å². The number of rotatable bonds is 5. The van der Waals surface area contributed by atoms with Crippen LogP contribution in [0.5, 0.6) is 0 Å². The Balaban J connectivity index is 2.44. The van der Waals surface area contributed by atoms with Gasteiger partial charge in [-0.05, 0) is 19.1 Å². The third-order valence-electron chi connectivity index (χ3n) is 2.00. The zero-order chi connectivity index (χ0) is 11.4. The SMILES string of the molecule is Cc1nc(CC(=O)CSC(C)C)sc1C. The molecule has 0 saturated heterocycles. The van der Waals surface area contributed by atoms with Gasteiger partial charge in [0.1, 0.15) is 10.8 Å². The summed E-state index contributed by atoms with van der Waals surface area (Å²) in [6.45, 7) is 8.25. The number of thioether (sulfide) groups is 1. The van der Waals surface area contributed by atoms with Crippen LogP contribution in [0.25, 0.3) is 0 Å². The molecule has 0 saturated carbocycles. The summed E-state index contributed by atoms with van der Waals surface area (Å²) in [5, 5.41) is 1.48. The Morgan fingerprint density at radius 3 is 2.60 bits per heavy atom. The quantitative estimate of drug-likeness (QED) is 0.796. The van der Waals surface area contributed by atoms with Crippen LogP contribution in [0, 0.1) is 13.8 Å². The number of nitrogens with zero attached hydrogens (tertiary/aromatic N) is 1. The molecule has 0 radical (unpaired) electrons. The fourth-order valence-electron chi connectivity index (χ4n) is 1.09. The van der Waals surface area contributed by atoms with Crippen molar-refractivity contribution < 1.29 is 4.79 Å². The normalized spacial score (nSPS) is 11.0. The van der Waals surface area contributed by atoms with Crippen molar-refractivity contribution in [3.63, 3.8) is 0 Å². The van der Waals surface area contributed by atoms with E-state index in [2.05, 4.69) is 18.8 Å². The molecular weight excluding hydrogens is 226 g/mol. The minimum absolute atomic E-state index is 0.280. The van der Waals surface area contributed by atoms with E-state index in [1.807, 2.05) is 13.8 Å². The summed E-state index contributed by atoms with van der Waals surface area (Å²) < 4.78 is 0. The first-order chi connectivity index (χ1) is 6.99. The molecule has 15 heavy (non-hydrogen) atoms. The van der Waals surface area contributed by atoms with Crippen molar-refractivity contribution in [2.24, 2.45) is 0 Å². The minimum atomic E-state index is 0.280. The smallest absolute Gasteiger partial charge is 0.149 e. The predicted molar refractivity (Wildman–Crippen MR) is 67.9 cm³/mol. The number of hydrogen-bond donors (Lipinski definition) is 0. The molecule has 0 spiro atoms. The average molecular weight is 243 g/mol. The fraction of sp³-hybridized carbons (Fsp3) is 0.636. The van der Waals surface area contributed by atoms with Gasteiger partial charge in [-0.3, -0.25) is 4.79 Å².